The Morgan fingerprint density at radius 2 is 1.93 bits per heavy atom. The number of aliphatic hydroxyl groups excluding tert-OH is 1. The Hall–Kier alpha value is -4.26. The van der Waals surface area contributed by atoms with Crippen molar-refractivity contribution in [3.63, 3.8) is 0 Å². The highest BCUT2D eigenvalue weighted by molar-refractivity contribution is 5.89. The fourth-order valence-corrected chi connectivity index (χ4v) is 9.96. The lowest BCUT2D eigenvalue weighted by atomic mass is 9.55. The third-order valence-corrected chi connectivity index (χ3v) is 12.6. The predicted octanol–water partition coefficient (Wildman–Crippen LogP) is 7.41. The second-order valence-electron chi connectivity index (χ2n) is 16.5. The zero-order valence-electron chi connectivity index (χ0n) is 32.9. The number of phenolic OH excluding ortho intramolecular Hbond substituents is 2. The van der Waals surface area contributed by atoms with E-state index in [1.54, 1.807) is 19.3 Å². The number of phenols is 2. The highest BCUT2D eigenvalue weighted by Gasteiger charge is 2.48. The standard InChI is InChI=1S/C46H61N3O6/c1-4-29(19-20-50)15-17-34(51)18-16-31-26-42(55-36-12-5-6-13-36)45(53)44-37(31)14-8-10-33(49-46(47)48)23-32-25-39-38(30-9-7-11-35(52)24-30)21-28(2)22-40(39)43(44)41(32)27-54-3/h7,9,11,15,17,24-26,28-29,32-33,36,38,40-41,43,50,52-53H,4-6,10,12-13,16,18-23,27H2,1-3H3,(H4,47,48,49). The molecule has 2 aromatic rings. The van der Waals surface area contributed by atoms with E-state index in [-0.39, 0.29) is 83.9 Å². The number of aliphatic hydroxyl groups is 1. The van der Waals surface area contributed by atoms with Crippen LogP contribution in [0.4, 0.5) is 0 Å². The fourth-order valence-electron chi connectivity index (χ4n) is 9.96. The van der Waals surface area contributed by atoms with E-state index in [1.165, 1.54) is 5.57 Å². The topological polar surface area (TPSA) is 161 Å². The van der Waals surface area contributed by atoms with Crippen LogP contribution in [-0.4, -0.2) is 59.5 Å². The number of rotatable bonds is 14. The number of allylic oxidation sites excluding steroid dienone is 4. The highest BCUT2D eigenvalue weighted by atomic mass is 16.5. The molecule has 0 heterocycles. The maximum atomic E-state index is 13.4. The second kappa shape index (κ2) is 18.6. The van der Waals surface area contributed by atoms with Crippen LogP contribution in [0.1, 0.15) is 119 Å². The molecule has 0 aromatic heterocycles. The molecule has 0 amide bonds. The van der Waals surface area contributed by atoms with Gasteiger partial charge in [-0.3, -0.25) is 4.79 Å². The van der Waals surface area contributed by atoms with Gasteiger partial charge in [0.1, 0.15) is 5.75 Å². The van der Waals surface area contributed by atoms with E-state index in [0.717, 1.165) is 67.2 Å². The lowest BCUT2D eigenvalue weighted by Crippen LogP contribution is -2.41. The molecule has 4 aliphatic carbocycles. The van der Waals surface area contributed by atoms with Crippen LogP contribution in [0.3, 0.4) is 0 Å². The number of aliphatic imine (C=N–C) groups is 1. The van der Waals surface area contributed by atoms with Crippen LogP contribution < -0.4 is 16.2 Å². The zero-order chi connectivity index (χ0) is 39.1. The molecule has 2 bridgehead atoms. The Morgan fingerprint density at radius 3 is 2.64 bits per heavy atom. The van der Waals surface area contributed by atoms with Gasteiger partial charge in [-0.25, -0.2) is 4.99 Å². The Morgan fingerprint density at radius 1 is 1.13 bits per heavy atom. The summed E-state index contributed by atoms with van der Waals surface area (Å²) in [4.78, 5) is 18.1. The number of guanidine groups is 1. The molecule has 0 aliphatic heterocycles. The minimum atomic E-state index is -0.252. The largest absolute Gasteiger partial charge is 0.508 e. The molecular formula is C46H61N3O6. The summed E-state index contributed by atoms with van der Waals surface area (Å²) >= 11 is 0. The number of hydrogen-bond acceptors (Lipinski definition) is 7. The number of carbonyl (C=O) groups is 1. The normalized spacial score (nSPS) is 26.9. The molecule has 0 spiro atoms. The summed E-state index contributed by atoms with van der Waals surface area (Å²) in [6.45, 7) is 4.90. The predicted molar refractivity (Wildman–Crippen MR) is 217 cm³/mol. The Labute approximate surface area is 327 Å². The van der Waals surface area contributed by atoms with E-state index in [2.05, 4.69) is 42.8 Å². The second-order valence-corrected chi connectivity index (χ2v) is 16.5. The Balaban J connectivity index is 1.54. The smallest absolute Gasteiger partial charge is 0.186 e. The van der Waals surface area contributed by atoms with Crippen molar-refractivity contribution in [3.8, 4) is 29.1 Å². The minimum Gasteiger partial charge on any atom is -0.508 e. The number of aromatic hydroxyl groups is 2. The number of benzene rings is 2. The number of nitrogens with zero attached hydrogens (tertiary/aromatic N) is 1. The summed E-state index contributed by atoms with van der Waals surface area (Å²) in [5.74, 6) is 8.25. The highest BCUT2D eigenvalue weighted by Crippen LogP contribution is 2.59. The number of fused-ring (bicyclic) bond motifs is 6. The van der Waals surface area contributed by atoms with Crippen molar-refractivity contribution >= 4 is 11.7 Å². The molecule has 2 fully saturated rings. The van der Waals surface area contributed by atoms with Gasteiger partial charge < -0.3 is 36.3 Å². The van der Waals surface area contributed by atoms with Crippen molar-refractivity contribution in [2.75, 3.05) is 20.3 Å². The maximum Gasteiger partial charge on any atom is 0.186 e. The Bertz CT molecular complexity index is 1810. The summed E-state index contributed by atoms with van der Waals surface area (Å²) in [5, 5.41) is 32.7. The van der Waals surface area contributed by atoms with Crippen LogP contribution in [0.15, 0.2) is 59.1 Å². The van der Waals surface area contributed by atoms with Gasteiger partial charge in [0.05, 0.1) is 18.8 Å². The van der Waals surface area contributed by atoms with E-state index in [4.69, 9.17) is 20.9 Å². The van der Waals surface area contributed by atoms with Gasteiger partial charge in [-0.1, -0.05) is 55.5 Å². The van der Waals surface area contributed by atoms with E-state index in [0.29, 0.717) is 44.0 Å². The molecule has 8 atom stereocenters. The first kappa shape index (κ1) is 40.4. The molecule has 296 valence electrons. The van der Waals surface area contributed by atoms with E-state index in [9.17, 15) is 20.1 Å². The average Bonchev–Trinajstić information content (AvgIpc) is 3.67. The number of carbonyl (C=O) groups excluding carboxylic acids is 1. The van der Waals surface area contributed by atoms with Crippen molar-refractivity contribution < 1.29 is 29.6 Å². The molecule has 55 heavy (non-hydrogen) atoms. The van der Waals surface area contributed by atoms with Gasteiger partial charge in [-0.15, -0.1) is 0 Å². The first-order valence-corrected chi connectivity index (χ1v) is 20.5. The quantitative estimate of drug-likeness (QED) is 0.0439. The summed E-state index contributed by atoms with van der Waals surface area (Å²) < 4.78 is 12.7. The third kappa shape index (κ3) is 9.59. The van der Waals surface area contributed by atoms with Crippen molar-refractivity contribution in [2.24, 2.45) is 46.0 Å². The van der Waals surface area contributed by atoms with Gasteiger partial charge in [0.25, 0.3) is 0 Å². The third-order valence-electron chi connectivity index (χ3n) is 12.6. The lowest BCUT2D eigenvalue weighted by molar-refractivity contribution is -0.114. The molecule has 9 heteroatoms. The number of methoxy groups -OCH3 is 1. The van der Waals surface area contributed by atoms with Crippen molar-refractivity contribution in [2.45, 2.75) is 115 Å². The number of aryl methyl sites for hydroxylation is 1. The molecule has 9 nitrogen and oxygen atoms in total. The van der Waals surface area contributed by atoms with E-state index in [1.807, 2.05) is 24.3 Å². The number of hydrogen-bond donors (Lipinski definition) is 5. The van der Waals surface area contributed by atoms with Gasteiger partial charge >= 0.3 is 0 Å². The van der Waals surface area contributed by atoms with Crippen molar-refractivity contribution in [1.29, 1.82) is 0 Å². The SMILES string of the molecule is CCC(C=CC(=O)CCc1cc(OC2CCCC2)c(O)c2c1C#CCC(N=C(N)N)CC1C=C3C(c4cccc(O)c4)CC(C)CC3C2C1COC)CCO. The van der Waals surface area contributed by atoms with Crippen LogP contribution >= 0.6 is 0 Å². The summed E-state index contributed by atoms with van der Waals surface area (Å²) in [5.41, 5.74) is 16.8. The van der Waals surface area contributed by atoms with Crippen molar-refractivity contribution in [1.82, 2.24) is 0 Å². The van der Waals surface area contributed by atoms with Gasteiger partial charge in [0, 0.05) is 49.5 Å². The van der Waals surface area contributed by atoms with Gasteiger partial charge in [-0.2, -0.15) is 0 Å². The first-order valence-electron chi connectivity index (χ1n) is 20.5. The molecule has 2 aromatic carbocycles. The van der Waals surface area contributed by atoms with Crippen LogP contribution in [-0.2, 0) is 16.0 Å². The summed E-state index contributed by atoms with van der Waals surface area (Å²) in [7, 11) is 1.74. The van der Waals surface area contributed by atoms with Crippen LogP contribution in [0.2, 0.25) is 0 Å². The number of ether oxygens (including phenoxy) is 2. The minimum absolute atomic E-state index is 0.00432. The summed E-state index contributed by atoms with van der Waals surface area (Å²) in [6.07, 6.45) is 15.2. The van der Waals surface area contributed by atoms with E-state index < -0.39 is 0 Å². The van der Waals surface area contributed by atoms with Gasteiger partial charge in [0.2, 0.25) is 0 Å². The lowest BCUT2D eigenvalue weighted by Gasteiger charge is -2.49. The molecule has 7 N–H and O–H groups in total. The molecular weight excluding hydrogens is 691 g/mol. The number of ketones is 1. The molecule has 2 saturated carbocycles. The maximum absolute atomic E-state index is 13.4. The zero-order valence-corrected chi connectivity index (χ0v) is 32.9. The van der Waals surface area contributed by atoms with E-state index >= 15 is 0 Å². The van der Waals surface area contributed by atoms with Crippen LogP contribution in [0.25, 0.3) is 0 Å². The monoisotopic (exact) mass is 751 g/mol. The first-order chi connectivity index (χ1) is 26.6. The summed E-state index contributed by atoms with van der Waals surface area (Å²) in [6, 6.07) is 9.30. The van der Waals surface area contributed by atoms with Crippen LogP contribution in [0.5, 0.6) is 17.2 Å². The van der Waals surface area contributed by atoms with Gasteiger partial charge in [0.15, 0.2) is 23.2 Å². The molecule has 6 rings (SSSR count). The Kier molecular flexibility index (Phi) is 13.7. The molecule has 0 saturated heterocycles. The molecule has 0 radical (unpaired) electrons. The fraction of sp³-hybridized carbons (Fsp3) is 0.565. The van der Waals surface area contributed by atoms with Crippen molar-refractivity contribution in [3.05, 3.63) is 76.4 Å². The van der Waals surface area contributed by atoms with Crippen LogP contribution in [0, 0.1) is 41.4 Å². The average molecular weight is 752 g/mol. The number of nitrogens with two attached hydrogens (primary N) is 2. The molecule has 4 aliphatic rings. The molecule has 8 unspecified atom stereocenters. The van der Waals surface area contributed by atoms with Gasteiger partial charge in [-0.05, 0) is 129 Å².